The van der Waals surface area contributed by atoms with Crippen LogP contribution >= 0.6 is 0 Å². The summed E-state index contributed by atoms with van der Waals surface area (Å²) in [7, 11) is 0. The van der Waals surface area contributed by atoms with Gasteiger partial charge in [0, 0.05) is 31.2 Å². The van der Waals surface area contributed by atoms with Crippen molar-refractivity contribution in [2.75, 3.05) is 19.6 Å². The Morgan fingerprint density at radius 2 is 1.83 bits per heavy atom. The van der Waals surface area contributed by atoms with Crippen molar-refractivity contribution in [2.24, 2.45) is 0 Å². The number of nitrogens with zero attached hydrogens (tertiary/aromatic N) is 2. The molecule has 0 spiro atoms. The molecule has 8 heteroatoms. The SMILES string of the molecule is O=C(NC1CCCN(Cc2c(F)cccc2F)C1)C1CCCN1C(=O)c1ccco1. The van der Waals surface area contributed by atoms with Crippen molar-refractivity contribution in [2.45, 2.75) is 44.3 Å². The highest BCUT2D eigenvalue weighted by molar-refractivity contribution is 5.96. The molecule has 4 rings (SSSR count). The first-order valence-corrected chi connectivity index (χ1v) is 10.3. The first kappa shape index (κ1) is 20.5. The van der Waals surface area contributed by atoms with Crippen LogP contribution in [0.3, 0.4) is 0 Å². The Kier molecular flexibility index (Phi) is 6.13. The van der Waals surface area contributed by atoms with Crippen LogP contribution in [-0.4, -0.2) is 53.3 Å². The molecule has 2 atom stereocenters. The summed E-state index contributed by atoms with van der Waals surface area (Å²) in [5.41, 5.74) is 0.0514. The van der Waals surface area contributed by atoms with E-state index in [1.807, 2.05) is 4.90 Å². The molecule has 3 heterocycles. The van der Waals surface area contributed by atoms with E-state index in [1.54, 1.807) is 17.0 Å². The van der Waals surface area contributed by atoms with Gasteiger partial charge in [0.25, 0.3) is 5.91 Å². The van der Waals surface area contributed by atoms with Crippen LogP contribution in [0, 0.1) is 11.6 Å². The maximum atomic E-state index is 14.0. The molecular formula is C22H25F2N3O3. The minimum Gasteiger partial charge on any atom is -0.459 e. The molecule has 0 radical (unpaired) electrons. The molecule has 2 aliphatic heterocycles. The minimum atomic E-state index is -0.556. The quantitative estimate of drug-likeness (QED) is 0.813. The lowest BCUT2D eigenvalue weighted by atomic mass is 10.0. The lowest BCUT2D eigenvalue weighted by Gasteiger charge is -2.34. The number of hydrogen-bond acceptors (Lipinski definition) is 4. The predicted molar refractivity (Wildman–Crippen MR) is 106 cm³/mol. The van der Waals surface area contributed by atoms with Gasteiger partial charge in [-0.15, -0.1) is 0 Å². The second-order valence-corrected chi connectivity index (χ2v) is 7.92. The van der Waals surface area contributed by atoms with Gasteiger partial charge in [-0.3, -0.25) is 14.5 Å². The molecule has 2 aromatic rings. The van der Waals surface area contributed by atoms with Crippen molar-refractivity contribution in [3.05, 3.63) is 59.6 Å². The summed E-state index contributed by atoms with van der Waals surface area (Å²) in [5, 5.41) is 3.04. The highest BCUT2D eigenvalue weighted by Gasteiger charge is 2.36. The van der Waals surface area contributed by atoms with Crippen molar-refractivity contribution in [3.8, 4) is 0 Å². The monoisotopic (exact) mass is 417 g/mol. The molecule has 160 valence electrons. The van der Waals surface area contributed by atoms with Gasteiger partial charge < -0.3 is 14.6 Å². The molecule has 2 fully saturated rings. The van der Waals surface area contributed by atoms with Crippen LogP contribution in [0.4, 0.5) is 8.78 Å². The average molecular weight is 417 g/mol. The lowest BCUT2D eigenvalue weighted by Crippen LogP contribution is -2.53. The maximum Gasteiger partial charge on any atom is 0.290 e. The second kappa shape index (κ2) is 8.95. The van der Waals surface area contributed by atoms with Gasteiger partial charge in [-0.1, -0.05) is 6.07 Å². The molecule has 30 heavy (non-hydrogen) atoms. The molecule has 0 bridgehead atoms. The van der Waals surface area contributed by atoms with Gasteiger partial charge in [-0.2, -0.15) is 0 Å². The summed E-state index contributed by atoms with van der Waals surface area (Å²) in [5.74, 6) is -1.35. The van der Waals surface area contributed by atoms with Crippen LogP contribution in [0.5, 0.6) is 0 Å². The van der Waals surface area contributed by atoms with E-state index < -0.39 is 17.7 Å². The van der Waals surface area contributed by atoms with Crippen LogP contribution in [-0.2, 0) is 11.3 Å². The summed E-state index contributed by atoms with van der Waals surface area (Å²) in [6.45, 7) is 1.91. The van der Waals surface area contributed by atoms with Gasteiger partial charge in [-0.25, -0.2) is 8.78 Å². The number of piperidine rings is 1. The average Bonchev–Trinajstić information content (AvgIpc) is 3.43. The third-order valence-electron chi connectivity index (χ3n) is 5.84. The fourth-order valence-corrected chi connectivity index (χ4v) is 4.35. The van der Waals surface area contributed by atoms with Gasteiger partial charge in [0.15, 0.2) is 5.76 Å². The van der Waals surface area contributed by atoms with Crippen molar-refractivity contribution >= 4 is 11.8 Å². The Morgan fingerprint density at radius 3 is 2.57 bits per heavy atom. The van der Waals surface area contributed by atoms with Gasteiger partial charge in [0.2, 0.25) is 5.91 Å². The molecule has 2 unspecified atom stereocenters. The van der Waals surface area contributed by atoms with Crippen LogP contribution in [0.25, 0.3) is 0 Å². The maximum absolute atomic E-state index is 14.0. The van der Waals surface area contributed by atoms with E-state index >= 15 is 0 Å². The third-order valence-corrected chi connectivity index (χ3v) is 5.84. The van der Waals surface area contributed by atoms with Gasteiger partial charge in [-0.05, 0) is 56.5 Å². The zero-order valence-electron chi connectivity index (χ0n) is 16.7. The highest BCUT2D eigenvalue weighted by Crippen LogP contribution is 2.22. The Hall–Kier alpha value is -2.74. The number of carbonyl (C=O) groups excluding carboxylic acids is 2. The molecule has 1 aromatic heterocycles. The van der Waals surface area contributed by atoms with E-state index in [2.05, 4.69) is 5.32 Å². The fraction of sp³-hybridized carbons (Fsp3) is 0.455. The number of carbonyl (C=O) groups is 2. The van der Waals surface area contributed by atoms with Gasteiger partial charge >= 0.3 is 0 Å². The normalized spacial score (nSPS) is 22.3. The molecule has 1 aromatic carbocycles. The predicted octanol–water partition coefficient (Wildman–Crippen LogP) is 2.94. The molecule has 2 amide bonds. The zero-order chi connectivity index (χ0) is 21.1. The minimum absolute atomic E-state index is 0.0514. The number of hydrogen-bond donors (Lipinski definition) is 1. The van der Waals surface area contributed by atoms with Gasteiger partial charge in [0.1, 0.15) is 17.7 Å². The lowest BCUT2D eigenvalue weighted by molar-refractivity contribution is -0.126. The summed E-state index contributed by atoms with van der Waals surface area (Å²) in [6.07, 6.45) is 4.41. The summed E-state index contributed by atoms with van der Waals surface area (Å²) in [6, 6.07) is 6.46. The number of rotatable bonds is 5. The topological polar surface area (TPSA) is 65.8 Å². The number of furan rings is 1. The van der Waals surface area contributed by atoms with Crippen LogP contribution in [0.2, 0.25) is 0 Å². The van der Waals surface area contributed by atoms with Crippen molar-refractivity contribution in [1.29, 1.82) is 0 Å². The van der Waals surface area contributed by atoms with E-state index in [4.69, 9.17) is 4.42 Å². The Labute approximate surface area is 173 Å². The van der Waals surface area contributed by atoms with Crippen molar-refractivity contribution in [1.82, 2.24) is 15.1 Å². The first-order chi connectivity index (χ1) is 14.5. The van der Waals surface area contributed by atoms with Crippen LogP contribution in [0.1, 0.15) is 41.8 Å². The number of nitrogens with one attached hydrogen (secondary N) is 1. The number of likely N-dealkylation sites (tertiary alicyclic amines) is 2. The molecule has 1 N–H and O–H groups in total. The molecule has 0 saturated carbocycles. The van der Waals surface area contributed by atoms with E-state index in [9.17, 15) is 18.4 Å². The van der Waals surface area contributed by atoms with E-state index in [0.29, 0.717) is 26.1 Å². The van der Waals surface area contributed by atoms with Crippen LogP contribution in [0.15, 0.2) is 41.0 Å². The number of halogens is 2. The van der Waals surface area contributed by atoms with E-state index in [1.165, 1.54) is 24.5 Å². The standard InChI is InChI=1S/C22H25F2N3O3/c23-17-6-1-7-18(24)16(17)14-26-10-2-5-15(13-26)25-21(28)19-8-3-11-27(19)22(29)20-9-4-12-30-20/h1,4,6-7,9,12,15,19H,2-3,5,8,10-11,13-14H2,(H,25,28). The molecule has 6 nitrogen and oxygen atoms in total. The number of benzene rings is 1. The smallest absolute Gasteiger partial charge is 0.290 e. The molecular weight excluding hydrogens is 392 g/mol. The highest BCUT2D eigenvalue weighted by atomic mass is 19.1. The largest absolute Gasteiger partial charge is 0.459 e. The van der Waals surface area contributed by atoms with E-state index in [-0.39, 0.29) is 35.7 Å². The van der Waals surface area contributed by atoms with E-state index in [0.717, 1.165) is 19.3 Å². The Balaban J connectivity index is 1.36. The Bertz CT molecular complexity index is 883. The molecule has 2 saturated heterocycles. The van der Waals surface area contributed by atoms with Crippen molar-refractivity contribution in [3.63, 3.8) is 0 Å². The summed E-state index contributed by atoms with van der Waals surface area (Å²) in [4.78, 5) is 29.0. The van der Waals surface area contributed by atoms with Gasteiger partial charge in [0.05, 0.1) is 6.26 Å². The summed E-state index contributed by atoms with van der Waals surface area (Å²) < 4.78 is 33.1. The molecule has 2 aliphatic rings. The Morgan fingerprint density at radius 1 is 1.07 bits per heavy atom. The van der Waals surface area contributed by atoms with Crippen molar-refractivity contribution < 1.29 is 22.8 Å². The fourth-order valence-electron chi connectivity index (χ4n) is 4.35. The summed E-state index contributed by atoms with van der Waals surface area (Å²) >= 11 is 0. The zero-order valence-corrected chi connectivity index (χ0v) is 16.7. The first-order valence-electron chi connectivity index (χ1n) is 10.3. The second-order valence-electron chi connectivity index (χ2n) is 7.92. The third kappa shape index (κ3) is 4.38. The molecule has 0 aliphatic carbocycles. The number of amides is 2. The van der Waals surface area contributed by atoms with Crippen LogP contribution < -0.4 is 5.32 Å².